The molecule has 1 aromatic carbocycles. The lowest BCUT2D eigenvalue weighted by atomic mass is 10.1. The average Bonchev–Trinajstić information content (AvgIpc) is 2.30. The molecule has 1 heterocycles. The lowest BCUT2D eigenvalue weighted by Gasteiger charge is -2.23. The Morgan fingerprint density at radius 1 is 1.43 bits per heavy atom. The van der Waals surface area contributed by atoms with Crippen molar-refractivity contribution in [2.24, 2.45) is 5.73 Å². The van der Waals surface area contributed by atoms with Gasteiger partial charge in [-0.15, -0.1) is 0 Å². The Hall–Kier alpha value is -1.32. The Labute approximate surface area is 83.6 Å². The minimum Gasteiger partial charge on any atom is -0.479 e. The first-order valence-electron chi connectivity index (χ1n) is 4.73. The van der Waals surface area contributed by atoms with Crippen molar-refractivity contribution in [3.63, 3.8) is 0 Å². The number of ether oxygens (including phenoxy) is 1. The molecule has 0 bridgehead atoms. The molecule has 0 radical (unpaired) electrons. The Bertz CT molecular complexity index is 336. The Morgan fingerprint density at radius 2 is 2.29 bits per heavy atom. The van der Waals surface area contributed by atoms with E-state index in [9.17, 15) is 0 Å². The van der Waals surface area contributed by atoms with Crippen molar-refractivity contribution < 1.29 is 4.74 Å². The fourth-order valence-corrected chi connectivity index (χ4v) is 1.56. The highest BCUT2D eigenvalue weighted by molar-refractivity contribution is 5.29. The second kappa shape index (κ2) is 4.26. The predicted octanol–water partition coefficient (Wildman–Crippen LogP) is 1.28. The highest BCUT2D eigenvalue weighted by atomic mass is 16.5. The van der Waals surface area contributed by atoms with E-state index in [1.54, 1.807) is 6.26 Å². The van der Waals surface area contributed by atoms with Crippen LogP contribution in [0.2, 0.25) is 0 Å². The van der Waals surface area contributed by atoms with Gasteiger partial charge in [0.1, 0.15) is 0 Å². The third kappa shape index (κ3) is 1.78. The van der Waals surface area contributed by atoms with E-state index in [0.717, 1.165) is 17.7 Å². The van der Waals surface area contributed by atoms with E-state index in [1.807, 2.05) is 30.3 Å². The molecule has 0 spiro atoms. The monoisotopic (exact) mass is 190 g/mol. The van der Waals surface area contributed by atoms with Gasteiger partial charge in [0.15, 0.2) is 6.23 Å². The molecule has 1 atom stereocenters. The summed E-state index contributed by atoms with van der Waals surface area (Å²) < 4.78 is 5.46. The standard InChI is InChI=1S/C11H14N2O/c12-8-9-4-1-2-5-10(9)11-13-6-3-7-14-11/h1-5,7,11,13H,6,8,12H2. The molecule has 1 aliphatic rings. The third-order valence-electron chi connectivity index (χ3n) is 2.29. The minimum atomic E-state index is -0.0558. The van der Waals surface area contributed by atoms with Gasteiger partial charge in [-0.25, -0.2) is 0 Å². The van der Waals surface area contributed by atoms with Crippen LogP contribution in [0.1, 0.15) is 17.4 Å². The molecule has 3 nitrogen and oxygen atoms in total. The highest BCUT2D eigenvalue weighted by Crippen LogP contribution is 2.20. The molecule has 0 aliphatic carbocycles. The number of benzene rings is 1. The molecule has 2 rings (SSSR count). The molecular formula is C11H14N2O. The summed E-state index contributed by atoms with van der Waals surface area (Å²) in [5.74, 6) is 0. The molecule has 3 N–H and O–H groups in total. The third-order valence-corrected chi connectivity index (χ3v) is 2.29. The summed E-state index contributed by atoms with van der Waals surface area (Å²) in [6.07, 6.45) is 3.62. The molecule has 0 amide bonds. The van der Waals surface area contributed by atoms with Gasteiger partial charge in [-0.1, -0.05) is 24.3 Å². The van der Waals surface area contributed by atoms with Gasteiger partial charge in [0.05, 0.1) is 6.26 Å². The molecule has 3 heteroatoms. The number of nitrogens with two attached hydrogens (primary N) is 1. The smallest absolute Gasteiger partial charge is 0.176 e. The molecule has 74 valence electrons. The molecule has 1 aromatic rings. The van der Waals surface area contributed by atoms with Crippen molar-refractivity contribution >= 4 is 0 Å². The summed E-state index contributed by atoms with van der Waals surface area (Å²) in [7, 11) is 0. The maximum atomic E-state index is 5.66. The first kappa shape index (κ1) is 9.24. The fraction of sp³-hybridized carbons (Fsp3) is 0.273. The van der Waals surface area contributed by atoms with Crippen LogP contribution < -0.4 is 11.1 Å². The molecule has 1 unspecified atom stereocenters. The van der Waals surface area contributed by atoms with Crippen LogP contribution in [-0.4, -0.2) is 6.54 Å². The van der Waals surface area contributed by atoms with Gasteiger partial charge in [0.2, 0.25) is 0 Å². The second-order valence-electron chi connectivity index (χ2n) is 3.20. The van der Waals surface area contributed by atoms with Gasteiger partial charge in [-0.2, -0.15) is 0 Å². The summed E-state index contributed by atoms with van der Waals surface area (Å²) in [6, 6.07) is 8.06. The largest absolute Gasteiger partial charge is 0.479 e. The van der Waals surface area contributed by atoms with Gasteiger partial charge in [-0.05, 0) is 11.6 Å². The van der Waals surface area contributed by atoms with Crippen molar-refractivity contribution in [2.45, 2.75) is 12.8 Å². The van der Waals surface area contributed by atoms with Crippen molar-refractivity contribution in [2.75, 3.05) is 6.54 Å². The SMILES string of the molecule is NCc1ccccc1C1NCC=CO1. The zero-order valence-corrected chi connectivity index (χ0v) is 7.94. The number of nitrogens with one attached hydrogen (secondary N) is 1. The average molecular weight is 190 g/mol. The lowest BCUT2D eigenvalue weighted by Crippen LogP contribution is -2.26. The Balaban J connectivity index is 2.25. The molecule has 0 saturated carbocycles. The van der Waals surface area contributed by atoms with Gasteiger partial charge in [0, 0.05) is 18.7 Å². The predicted molar refractivity (Wildman–Crippen MR) is 55.3 cm³/mol. The highest BCUT2D eigenvalue weighted by Gasteiger charge is 2.14. The van der Waals surface area contributed by atoms with Crippen molar-refractivity contribution in [1.29, 1.82) is 0 Å². The normalized spacial score (nSPS) is 20.5. The van der Waals surface area contributed by atoms with Crippen LogP contribution in [-0.2, 0) is 11.3 Å². The molecular weight excluding hydrogens is 176 g/mol. The molecule has 0 saturated heterocycles. The van der Waals surface area contributed by atoms with E-state index in [0.29, 0.717) is 6.54 Å². The second-order valence-corrected chi connectivity index (χ2v) is 3.20. The Kier molecular flexibility index (Phi) is 2.81. The van der Waals surface area contributed by atoms with Crippen molar-refractivity contribution in [3.8, 4) is 0 Å². The van der Waals surface area contributed by atoms with E-state index in [2.05, 4.69) is 5.32 Å². The number of rotatable bonds is 2. The van der Waals surface area contributed by atoms with Gasteiger partial charge in [-0.3, -0.25) is 5.32 Å². The van der Waals surface area contributed by atoms with Gasteiger partial charge in [0.25, 0.3) is 0 Å². The quantitative estimate of drug-likeness (QED) is 0.738. The van der Waals surface area contributed by atoms with Crippen LogP contribution in [0.3, 0.4) is 0 Å². The van der Waals surface area contributed by atoms with Crippen molar-refractivity contribution in [3.05, 3.63) is 47.7 Å². The van der Waals surface area contributed by atoms with Crippen LogP contribution in [0.5, 0.6) is 0 Å². The van der Waals surface area contributed by atoms with Crippen LogP contribution in [0.25, 0.3) is 0 Å². The Morgan fingerprint density at radius 3 is 3.00 bits per heavy atom. The van der Waals surface area contributed by atoms with Crippen LogP contribution in [0.15, 0.2) is 36.6 Å². The molecule has 0 fully saturated rings. The van der Waals surface area contributed by atoms with E-state index in [-0.39, 0.29) is 6.23 Å². The maximum absolute atomic E-state index is 5.66. The van der Waals surface area contributed by atoms with E-state index >= 15 is 0 Å². The first-order chi connectivity index (χ1) is 6.92. The number of hydrogen-bond acceptors (Lipinski definition) is 3. The topological polar surface area (TPSA) is 47.3 Å². The summed E-state index contributed by atoms with van der Waals surface area (Å²) >= 11 is 0. The summed E-state index contributed by atoms with van der Waals surface area (Å²) in [5.41, 5.74) is 7.91. The number of hydrogen-bond donors (Lipinski definition) is 2. The van der Waals surface area contributed by atoms with Crippen LogP contribution in [0, 0.1) is 0 Å². The zero-order chi connectivity index (χ0) is 9.80. The molecule has 14 heavy (non-hydrogen) atoms. The van der Waals surface area contributed by atoms with Crippen LogP contribution >= 0.6 is 0 Å². The minimum absolute atomic E-state index is 0.0558. The fourth-order valence-electron chi connectivity index (χ4n) is 1.56. The first-order valence-corrected chi connectivity index (χ1v) is 4.73. The van der Waals surface area contributed by atoms with Crippen LogP contribution in [0.4, 0.5) is 0 Å². The lowest BCUT2D eigenvalue weighted by molar-refractivity contribution is 0.103. The summed E-state index contributed by atoms with van der Waals surface area (Å²) in [4.78, 5) is 0. The zero-order valence-electron chi connectivity index (χ0n) is 7.94. The molecule has 1 aliphatic heterocycles. The van der Waals surface area contributed by atoms with Gasteiger partial charge >= 0.3 is 0 Å². The van der Waals surface area contributed by atoms with E-state index < -0.39 is 0 Å². The maximum Gasteiger partial charge on any atom is 0.176 e. The van der Waals surface area contributed by atoms with E-state index in [1.165, 1.54) is 0 Å². The van der Waals surface area contributed by atoms with E-state index in [4.69, 9.17) is 10.5 Å². The molecule has 0 aromatic heterocycles. The summed E-state index contributed by atoms with van der Waals surface area (Å²) in [5, 5.41) is 3.25. The summed E-state index contributed by atoms with van der Waals surface area (Å²) in [6.45, 7) is 1.38. The van der Waals surface area contributed by atoms with Gasteiger partial charge < -0.3 is 10.5 Å². The van der Waals surface area contributed by atoms with Crippen molar-refractivity contribution in [1.82, 2.24) is 5.32 Å².